The number of likely N-dealkylation sites (N-methyl/N-ethyl adjacent to an activating group) is 1. The molecular formula is C18H13ClN2O5. The van der Waals surface area contributed by atoms with Crippen LogP contribution in [0.1, 0.15) is 17.2 Å². The first kappa shape index (κ1) is 17.6. The molecule has 8 heteroatoms. The summed E-state index contributed by atoms with van der Waals surface area (Å²) in [6.45, 7) is 0. The molecule has 1 saturated heterocycles. The lowest BCUT2D eigenvalue weighted by Gasteiger charge is -2.20. The Morgan fingerprint density at radius 1 is 1.12 bits per heavy atom. The summed E-state index contributed by atoms with van der Waals surface area (Å²) >= 11 is 5.83. The average molecular weight is 373 g/mol. The van der Waals surface area contributed by atoms with Gasteiger partial charge in [0.1, 0.15) is 5.76 Å². The molecule has 132 valence electrons. The Balaban J connectivity index is 2.13. The van der Waals surface area contributed by atoms with Crippen molar-refractivity contribution >= 4 is 34.7 Å². The van der Waals surface area contributed by atoms with E-state index >= 15 is 0 Å². The molecule has 0 bridgehead atoms. The molecule has 3 rings (SSSR count). The molecule has 1 N–H and O–H groups in total. The molecule has 0 aromatic heterocycles. The van der Waals surface area contributed by atoms with E-state index in [-0.39, 0.29) is 17.0 Å². The van der Waals surface area contributed by atoms with Crippen LogP contribution in [0.2, 0.25) is 5.02 Å². The van der Waals surface area contributed by atoms with E-state index in [4.69, 9.17) is 11.6 Å². The summed E-state index contributed by atoms with van der Waals surface area (Å²) in [5.41, 5.74) is 0.633. The third kappa shape index (κ3) is 2.93. The molecule has 1 heterocycles. The van der Waals surface area contributed by atoms with Gasteiger partial charge in [0, 0.05) is 29.8 Å². The highest BCUT2D eigenvalue weighted by molar-refractivity contribution is 6.46. The first-order valence-corrected chi connectivity index (χ1v) is 7.94. The van der Waals surface area contributed by atoms with Gasteiger partial charge in [0.2, 0.25) is 0 Å². The van der Waals surface area contributed by atoms with Gasteiger partial charge in [-0.2, -0.15) is 0 Å². The van der Waals surface area contributed by atoms with Crippen LogP contribution in [0, 0.1) is 10.1 Å². The quantitative estimate of drug-likeness (QED) is 0.293. The lowest BCUT2D eigenvalue weighted by atomic mass is 9.95. The highest BCUT2D eigenvalue weighted by atomic mass is 35.5. The number of carbonyl (C=O) groups excluding carboxylic acids is 2. The number of nitro benzene ring substituents is 1. The predicted molar refractivity (Wildman–Crippen MR) is 94.6 cm³/mol. The Morgan fingerprint density at radius 3 is 2.23 bits per heavy atom. The number of ketones is 1. The molecule has 2 aromatic rings. The van der Waals surface area contributed by atoms with Crippen LogP contribution < -0.4 is 0 Å². The van der Waals surface area contributed by atoms with Crippen LogP contribution in [-0.2, 0) is 9.59 Å². The molecule has 2 aromatic carbocycles. The number of non-ortho nitro benzene ring substituents is 1. The van der Waals surface area contributed by atoms with Gasteiger partial charge < -0.3 is 10.0 Å². The fraction of sp³-hybridized carbons (Fsp3) is 0.111. The van der Waals surface area contributed by atoms with Gasteiger partial charge in [-0.1, -0.05) is 11.6 Å². The number of aliphatic hydroxyl groups is 1. The maximum atomic E-state index is 12.4. The van der Waals surface area contributed by atoms with Gasteiger partial charge in [0.25, 0.3) is 17.4 Å². The average Bonchev–Trinajstić information content (AvgIpc) is 2.86. The minimum absolute atomic E-state index is 0.0753. The molecule has 1 amide bonds. The number of nitro groups is 1. The largest absolute Gasteiger partial charge is 0.507 e. The summed E-state index contributed by atoms with van der Waals surface area (Å²) in [5, 5.41) is 21.9. The molecule has 0 spiro atoms. The summed E-state index contributed by atoms with van der Waals surface area (Å²) in [5.74, 6) is -1.90. The normalized spacial score (nSPS) is 19.0. The molecule has 1 aliphatic heterocycles. The van der Waals surface area contributed by atoms with E-state index in [1.807, 2.05) is 0 Å². The molecule has 7 nitrogen and oxygen atoms in total. The minimum Gasteiger partial charge on any atom is -0.507 e. The fourth-order valence-electron chi connectivity index (χ4n) is 2.88. The number of rotatable bonds is 3. The first-order chi connectivity index (χ1) is 12.3. The van der Waals surface area contributed by atoms with Gasteiger partial charge in [-0.05, 0) is 42.0 Å². The molecule has 0 aliphatic carbocycles. The van der Waals surface area contributed by atoms with Crippen molar-refractivity contribution in [1.29, 1.82) is 0 Å². The Labute approximate surface area is 153 Å². The van der Waals surface area contributed by atoms with Crippen LogP contribution in [-0.4, -0.2) is 33.7 Å². The summed E-state index contributed by atoms with van der Waals surface area (Å²) in [6, 6.07) is 10.8. The van der Waals surface area contributed by atoms with Crippen molar-refractivity contribution in [3.05, 3.63) is 80.4 Å². The number of halogens is 1. The second kappa shape index (κ2) is 6.61. The molecule has 26 heavy (non-hydrogen) atoms. The first-order valence-electron chi connectivity index (χ1n) is 7.56. The van der Waals surface area contributed by atoms with Crippen molar-refractivity contribution in [1.82, 2.24) is 4.90 Å². The molecule has 1 atom stereocenters. The topological polar surface area (TPSA) is 101 Å². The Bertz CT molecular complexity index is 935. The second-order valence-electron chi connectivity index (χ2n) is 5.77. The number of likely N-dealkylation sites (tertiary alicyclic amines) is 1. The molecule has 1 fully saturated rings. The number of amides is 1. The maximum Gasteiger partial charge on any atom is 0.295 e. The number of nitrogens with zero attached hydrogens (tertiary/aromatic N) is 2. The lowest BCUT2D eigenvalue weighted by molar-refractivity contribution is -0.384. The van der Waals surface area contributed by atoms with Gasteiger partial charge in [0.05, 0.1) is 16.5 Å². The van der Waals surface area contributed by atoms with Crippen molar-refractivity contribution in [3.8, 4) is 0 Å². The van der Waals surface area contributed by atoms with E-state index in [1.54, 1.807) is 12.1 Å². The van der Waals surface area contributed by atoms with E-state index in [1.165, 1.54) is 48.3 Å². The van der Waals surface area contributed by atoms with E-state index in [0.29, 0.717) is 16.1 Å². The zero-order valence-electron chi connectivity index (χ0n) is 13.5. The number of Topliss-reactive ketones (excluding diaryl/α,β-unsaturated/α-hetero) is 1. The second-order valence-corrected chi connectivity index (χ2v) is 6.20. The number of benzene rings is 2. The standard InChI is InChI=1S/C18H13ClN2O5/c1-20-15(10-4-8-13(9-5-10)21(25)26)14(17(23)18(20)24)16(22)11-2-6-12(19)7-3-11/h2-9,15,22H,1H3/b16-14+. The third-order valence-electron chi connectivity index (χ3n) is 4.21. The van der Waals surface area contributed by atoms with Gasteiger partial charge in [-0.3, -0.25) is 19.7 Å². The van der Waals surface area contributed by atoms with Gasteiger partial charge in [-0.15, -0.1) is 0 Å². The van der Waals surface area contributed by atoms with Crippen LogP contribution >= 0.6 is 11.6 Å². The van der Waals surface area contributed by atoms with E-state index < -0.39 is 22.7 Å². The van der Waals surface area contributed by atoms with E-state index in [2.05, 4.69) is 0 Å². The molecule has 1 unspecified atom stereocenters. The van der Waals surface area contributed by atoms with Crippen molar-refractivity contribution < 1.29 is 19.6 Å². The third-order valence-corrected chi connectivity index (χ3v) is 4.46. The van der Waals surface area contributed by atoms with Crippen LogP contribution in [0.25, 0.3) is 5.76 Å². The maximum absolute atomic E-state index is 12.4. The molecular weight excluding hydrogens is 360 g/mol. The van der Waals surface area contributed by atoms with E-state index in [0.717, 1.165) is 0 Å². The van der Waals surface area contributed by atoms with Crippen LogP contribution in [0.3, 0.4) is 0 Å². The zero-order valence-corrected chi connectivity index (χ0v) is 14.3. The lowest BCUT2D eigenvalue weighted by Crippen LogP contribution is -2.24. The molecule has 1 aliphatic rings. The fourth-order valence-corrected chi connectivity index (χ4v) is 3.01. The van der Waals surface area contributed by atoms with Crippen LogP contribution in [0.5, 0.6) is 0 Å². The zero-order chi connectivity index (χ0) is 19.0. The van der Waals surface area contributed by atoms with Crippen molar-refractivity contribution in [2.24, 2.45) is 0 Å². The van der Waals surface area contributed by atoms with Crippen LogP contribution in [0.4, 0.5) is 5.69 Å². The minimum atomic E-state index is -0.841. The van der Waals surface area contributed by atoms with Crippen LogP contribution in [0.15, 0.2) is 54.1 Å². The number of hydrogen-bond acceptors (Lipinski definition) is 5. The Morgan fingerprint density at radius 2 is 1.69 bits per heavy atom. The smallest absolute Gasteiger partial charge is 0.295 e. The van der Waals surface area contributed by atoms with Crippen molar-refractivity contribution in [2.45, 2.75) is 6.04 Å². The van der Waals surface area contributed by atoms with Crippen molar-refractivity contribution in [3.63, 3.8) is 0 Å². The van der Waals surface area contributed by atoms with Gasteiger partial charge in [-0.25, -0.2) is 0 Å². The number of carbonyl (C=O) groups is 2. The summed E-state index contributed by atoms with van der Waals surface area (Å²) in [4.78, 5) is 36.1. The Kier molecular flexibility index (Phi) is 4.48. The SMILES string of the molecule is CN1C(=O)C(=O)/C(=C(/O)c2ccc(Cl)cc2)C1c1ccc([N+](=O)[O-])cc1. The highest BCUT2D eigenvalue weighted by Crippen LogP contribution is 2.38. The summed E-state index contributed by atoms with van der Waals surface area (Å²) in [7, 11) is 1.44. The number of aliphatic hydroxyl groups excluding tert-OH is 1. The summed E-state index contributed by atoms with van der Waals surface area (Å²) in [6.07, 6.45) is 0. The van der Waals surface area contributed by atoms with Gasteiger partial charge >= 0.3 is 0 Å². The molecule has 0 saturated carbocycles. The number of hydrogen-bond donors (Lipinski definition) is 1. The monoisotopic (exact) mass is 372 g/mol. The Hall–Kier alpha value is -3.19. The molecule has 0 radical (unpaired) electrons. The van der Waals surface area contributed by atoms with Gasteiger partial charge in [0.15, 0.2) is 0 Å². The predicted octanol–water partition coefficient (Wildman–Crippen LogP) is 3.30. The van der Waals surface area contributed by atoms with E-state index in [9.17, 15) is 24.8 Å². The highest BCUT2D eigenvalue weighted by Gasteiger charge is 2.44. The summed E-state index contributed by atoms with van der Waals surface area (Å²) < 4.78 is 0. The van der Waals surface area contributed by atoms with Crippen molar-refractivity contribution in [2.75, 3.05) is 7.05 Å².